The van der Waals surface area contributed by atoms with Crippen LogP contribution in [0.5, 0.6) is 0 Å². The Morgan fingerprint density at radius 3 is 2.48 bits per heavy atom. The summed E-state index contributed by atoms with van der Waals surface area (Å²) in [4.78, 5) is 13.2. The fourth-order valence-corrected chi connectivity index (χ4v) is 2.37. The molecule has 3 nitrogen and oxygen atoms in total. The van der Waals surface area contributed by atoms with Crippen molar-refractivity contribution in [3.05, 3.63) is 35.1 Å². The molecule has 1 aliphatic rings. The molecule has 1 aromatic rings. The highest BCUT2D eigenvalue weighted by Crippen LogP contribution is 2.34. The lowest BCUT2D eigenvalue weighted by Gasteiger charge is -2.41. The second-order valence-corrected chi connectivity index (χ2v) is 6.61. The summed E-state index contributed by atoms with van der Waals surface area (Å²) in [6, 6.07) is 4.22. The van der Waals surface area contributed by atoms with Gasteiger partial charge in [-0.15, -0.1) is 0 Å². The number of ether oxygens (including phenoxy) is 1. The van der Waals surface area contributed by atoms with Crippen molar-refractivity contribution in [3.8, 4) is 0 Å². The molecule has 0 saturated carbocycles. The maximum Gasteiger partial charge on any atom is 0.410 e. The van der Waals surface area contributed by atoms with E-state index in [1.807, 2.05) is 0 Å². The Hall–Kier alpha value is -1.65. The highest BCUT2D eigenvalue weighted by molar-refractivity contribution is 5.69. The van der Waals surface area contributed by atoms with E-state index in [-0.39, 0.29) is 5.92 Å². The van der Waals surface area contributed by atoms with Crippen molar-refractivity contribution in [2.45, 2.75) is 39.5 Å². The van der Waals surface area contributed by atoms with Crippen molar-refractivity contribution < 1.29 is 18.3 Å². The van der Waals surface area contributed by atoms with Gasteiger partial charge in [0, 0.05) is 19.0 Å². The number of carbonyl (C=O) groups excluding carboxylic acids is 1. The molecule has 1 fully saturated rings. The van der Waals surface area contributed by atoms with Crippen LogP contribution in [0.1, 0.15) is 38.1 Å². The average Bonchev–Trinajstić information content (AvgIpc) is 2.22. The lowest BCUT2D eigenvalue weighted by Crippen LogP contribution is -2.52. The van der Waals surface area contributed by atoms with E-state index in [0.29, 0.717) is 24.2 Å². The van der Waals surface area contributed by atoms with Crippen molar-refractivity contribution in [2.75, 3.05) is 13.1 Å². The Balaban J connectivity index is 1.93. The van der Waals surface area contributed by atoms with Crippen molar-refractivity contribution in [1.82, 2.24) is 4.90 Å². The van der Waals surface area contributed by atoms with E-state index in [9.17, 15) is 13.6 Å². The summed E-state index contributed by atoms with van der Waals surface area (Å²) in [6.07, 6.45) is -1.69. The summed E-state index contributed by atoms with van der Waals surface area (Å²) in [5, 5.41) is 0. The fraction of sp³-hybridized carbons (Fsp3) is 0.562. The molecule has 1 amide bonds. The molecule has 0 N–H and O–H groups in total. The summed E-state index contributed by atoms with van der Waals surface area (Å²) in [5.41, 5.74) is 0.467. The molecule has 0 aliphatic carbocycles. The minimum absolute atomic E-state index is 0.297. The predicted octanol–water partition coefficient (Wildman–Crippen LogP) is 4.01. The van der Waals surface area contributed by atoms with Crippen molar-refractivity contribution in [3.63, 3.8) is 0 Å². The van der Waals surface area contributed by atoms with E-state index in [4.69, 9.17) is 4.74 Å². The maximum absolute atomic E-state index is 14.4. The molecule has 1 aromatic carbocycles. The van der Waals surface area contributed by atoms with Crippen molar-refractivity contribution >= 4 is 6.09 Å². The smallest absolute Gasteiger partial charge is 0.410 e. The van der Waals surface area contributed by atoms with Crippen LogP contribution in [0.4, 0.5) is 13.6 Å². The minimum Gasteiger partial charge on any atom is -0.444 e. The first-order valence-electron chi connectivity index (χ1n) is 7.05. The molecule has 1 atom stereocenters. The number of carbonyl (C=O) groups is 1. The van der Waals surface area contributed by atoms with Crippen LogP contribution >= 0.6 is 0 Å². The third-order valence-corrected chi connectivity index (χ3v) is 3.36. The van der Waals surface area contributed by atoms with Gasteiger partial charge < -0.3 is 9.64 Å². The molecule has 1 unspecified atom stereocenters. The third-order valence-electron chi connectivity index (χ3n) is 3.36. The minimum atomic E-state index is -1.27. The van der Waals surface area contributed by atoms with Crippen LogP contribution in [0.15, 0.2) is 18.2 Å². The second kappa shape index (κ2) is 5.62. The quantitative estimate of drug-likeness (QED) is 0.825. The number of amides is 1. The highest BCUT2D eigenvalue weighted by Gasteiger charge is 2.39. The van der Waals surface area contributed by atoms with Gasteiger partial charge in [-0.3, -0.25) is 0 Å². The Bertz CT molecular complexity index is 513. The van der Waals surface area contributed by atoms with Crippen molar-refractivity contribution in [1.29, 1.82) is 0 Å². The summed E-state index contributed by atoms with van der Waals surface area (Å²) in [6.45, 7) is 7.69. The highest BCUT2D eigenvalue weighted by atomic mass is 19.1. The number of alkyl halides is 1. The Kier molecular flexibility index (Phi) is 4.21. The average molecular weight is 297 g/mol. The van der Waals surface area contributed by atoms with Gasteiger partial charge in [-0.2, -0.15) is 0 Å². The van der Waals surface area contributed by atoms with Gasteiger partial charge in [-0.25, -0.2) is 13.6 Å². The molecular weight excluding hydrogens is 276 g/mol. The van der Waals surface area contributed by atoms with Crippen LogP contribution in [0.2, 0.25) is 0 Å². The normalized spacial score (nSPS) is 17.3. The molecule has 0 bridgehead atoms. The van der Waals surface area contributed by atoms with E-state index in [0.717, 1.165) is 0 Å². The molecule has 0 aromatic heterocycles. The van der Waals surface area contributed by atoms with Gasteiger partial charge in [0.15, 0.2) is 0 Å². The summed E-state index contributed by atoms with van der Waals surface area (Å²) >= 11 is 0. The van der Waals surface area contributed by atoms with Crippen LogP contribution in [0, 0.1) is 18.7 Å². The second-order valence-electron chi connectivity index (χ2n) is 6.61. The molecule has 0 radical (unpaired) electrons. The van der Waals surface area contributed by atoms with E-state index < -0.39 is 23.7 Å². The lowest BCUT2D eigenvalue weighted by molar-refractivity contribution is -0.0155. The number of likely N-dealkylation sites (tertiary alicyclic amines) is 1. The first kappa shape index (κ1) is 15.7. The molecule has 1 saturated heterocycles. The molecule has 0 spiro atoms. The van der Waals surface area contributed by atoms with Gasteiger partial charge >= 0.3 is 6.09 Å². The number of hydrogen-bond donors (Lipinski definition) is 0. The zero-order valence-corrected chi connectivity index (χ0v) is 12.8. The number of aryl methyl sites for hydroxylation is 1. The Morgan fingerprint density at radius 2 is 1.95 bits per heavy atom. The van der Waals surface area contributed by atoms with Crippen LogP contribution in [0.25, 0.3) is 0 Å². The predicted molar refractivity (Wildman–Crippen MR) is 76.3 cm³/mol. The first-order chi connectivity index (χ1) is 9.65. The van der Waals surface area contributed by atoms with E-state index in [1.54, 1.807) is 33.8 Å². The van der Waals surface area contributed by atoms with E-state index in [1.165, 1.54) is 17.0 Å². The fourth-order valence-electron chi connectivity index (χ4n) is 2.37. The van der Waals surface area contributed by atoms with Gasteiger partial charge in [-0.1, -0.05) is 6.07 Å². The summed E-state index contributed by atoms with van der Waals surface area (Å²) in [7, 11) is 0. The largest absolute Gasteiger partial charge is 0.444 e. The molecule has 1 aliphatic heterocycles. The topological polar surface area (TPSA) is 29.5 Å². The molecule has 2 rings (SSSR count). The molecule has 1 heterocycles. The standard InChI is InChI=1S/C16H21F2NO2/c1-10-5-11(7-13(17)6-10)14(18)12-8-19(9-12)15(20)21-16(2,3)4/h5-7,12,14H,8-9H2,1-4H3. The SMILES string of the molecule is Cc1cc(F)cc(C(F)C2CN(C(=O)OC(C)(C)C)C2)c1. The summed E-state index contributed by atoms with van der Waals surface area (Å²) < 4.78 is 32.9. The van der Waals surface area contributed by atoms with Gasteiger partial charge in [-0.05, 0) is 51.0 Å². The molecule has 116 valence electrons. The maximum atomic E-state index is 14.4. The zero-order chi connectivity index (χ0) is 15.8. The lowest BCUT2D eigenvalue weighted by atomic mass is 9.90. The van der Waals surface area contributed by atoms with Gasteiger partial charge in [0.05, 0.1) is 0 Å². The Labute approximate surface area is 123 Å². The van der Waals surface area contributed by atoms with Crippen molar-refractivity contribution in [2.24, 2.45) is 5.92 Å². The molecule has 21 heavy (non-hydrogen) atoms. The number of benzene rings is 1. The van der Waals surface area contributed by atoms with Crippen LogP contribution in [0.3, 0.4) is 0 Å². The van der Waals surface area contributed by atoms with Gasteiger partial charge in [0.1, 0.15) is 17.6 Å². The Morgan fingerprint density at radius 1 is 1.33 bits per heavy atom. The number of nitrogens with zero attached hydrogens (tertiary/aromatic N) is 1. The van der Waals surface area contributed by atoms with Crippen LogP contribution in [-0.2, 0) is 4.74 Å². The summed E-state index contributed by atoms with van der Waals surface area (Å²) in [5.74, 6) is -0.741. The van der Waals surface area contributed by atoms with E-state index >= 15 is 0 Å². The molecular formula is C16H21F2NO2. The monoisotopic (exact) mass is 297 g/mol. The zero-order valence-electron chi connectivity index (χ0n) is 12.8. The first-order valence-corrected chi connectivity index (χ1v) is 7.05. The molecule has 5 heteroatoms. The number of rotatable bonds is 2. The van der Waals surface area contributed by atoms with Gasteiger partial charge in [0.2, 0.25) is 0 Å². The number of halogens is 2. The van der Waals surface area contributed by atoms with Gasteiger partial charge in [0.25, 0.3) is 0 Å². The van der Waals surface area contributed by atoms with Crippen LogP contribution in [-0.4, -0.2) is 29.7 Å². The van der Waals surface area contributed by atoms with Crippen LogP contribution < -0.4 is 0 Å². The number of hydrogen-bond acceptors (Lipinski definition) is 2. The third kappa shape index (κ3) is 3.93. The van der Waals surface area contributed by atoms with E-state index in [2.05, 4.69) is 0 Å².